The molecule has 2 aliphatic heterocycles. The molecule has 13 heteroatoms. The molecule has 0 aliphatic carbocycles. The van der Waals surface area contributed by atoms with E-state index in [0.717, 1.165) is 29.2 Å². The summed E-state index contributed by atoms with van der Waals surface area (Å²) in [6.45, 7) is 4.78. The Kier molecular flexibility index (Phi) is 7.82. The topological polar surface area (TPSA) is 70.5 Å². The molecule has 1 aromatic carbocycles. The Morgan fingerprint density at radius 2 is 1.93 bits per heavy atom. The molecule has 0 unspecified atom stereocenters. The molecule has 1 fully saturated rings. The second-order valence-electron chi connectivity index (χ2n) is 9.97. The van der Waals surface area contributed by atoms with E-state index in [1.165, 1.54) is 20.1 Å². The number of ketones is 1. The number of hydrogen-bond donors (Lipinski definition) is 0. The minimum absolute atomic E-state index is 0.0629. The van der Waals surface area contributed by atoms with Gasteiger partial charge in [-0.1, -0.05) is 0 Å². The Labute approximate surface area is 238 Å². The number of fused-ring (bicyclic) bond motifs is 1. The highest BCUT2D eigenvalue weighted by atomic mass is 32.1. The van der Waals surface area contributed by atoms with Crippen LogP contribution in [0.5, 0.6) is 11.5 Å². The molecule has 4 heterocycles. The van der Waals surface area contributed by atoms with Gasteiger partial charge in [0, 0.05) is 49.1 Å². The second-order valence-corrected chi connectivity index (χ2v) is 10.8. The molecule has 2 atom stereocenters. The first-order valence-corrected chi connectivity index (χ1v) is 13.8. The summed E-state index contributed by atoms with van der Waals surface area (Å²) in [5.41, 5.74) is 0.626. The highest BCUT2D eigenvalue weighted by molar-refractivity contribution is 7.08. The number of aliphatic imine (C=N–C) groups is 1. The number of halogens is 4. The smallest absolute Gasteiger partial charge is 0.416 e. The number of hydrogen-bond acceptors (Lipinski definition) is 9. The molecule has 5 rings (SSSR count). The van der Waals surface area contributed by atoms with Gasteiger partial charge >= 0.3 is 6.18 Å². The van der Waals surface area contributed by atoms with E-state index in [1.807, 2.05) is 17.9 Å². The van der Waals surface area contributed by atoms with Crippen LogP contribution >= 0.6 is 11.3 Å². The van der Waals surface area contributed by atoms with Gasteiger partial charge in [0.25, 0.3) is 0 Å². The van der Waals surface area contributed by atoms with Crippen molar-refractivity contribution in [2.45, 2.75) is 38.5 Å². The molecule has 2 aromatic heterocycles. The maximum Gasteiger partial charge on any atom is 0.416 e. The second kappa shape index (κ2) is 11.2. The van der Waals surface area contributed by atoms with Crippen LogP contribution in [0, 0.1) is 5.13 Å². The number of aromatic nitrogens is 1. The van der Waals surface area contributed by atoms with Gasteiger partial charge < -0.3 is 24.2 Å². The zero-order valence-corrected chi connectivity index (χ0v) is 23.7. The standard InChI is InChI=1S/C28H29F4N5O3S/c1-16-14-35(7-8-36(16)19-11-20(39-3)13-33-12-19)27-34-25-21(15-41-26(25)29)22(9-17(2)38)37(27)23-10-18(28(30,31)32)5-6-24(23)40-4/h5-6,10-13,15-16,22H,7-9,14H2,1-4H3/t16-,22+/m1/s1. The van der Waals surface area contributed by atoms with Gasteiger partial charge in [-0.05, 0) is 32.0 Å². The molecule has 3 aromatic rings. The van der Waals surface area contributed by atoms with Crippen molar-refractivity contribution in [3.05, 3.63) is 58.3 Å². The zero-order valence-electron chi connectivity index (χ0n) is 22.9. The van der Waals surface area contributed by atoms with E-state index in [-0.39, 0.29) is 41.3 Å². The molecule has 218 valence electrons. The number of piperazine rings is 1. The molecular weight excluding hydrogens is 562 g/mol. The summed E-state index contributed by atoms with van der Waals surface area (Å²) in [4.78, 5) is 27.1. The summed E-state index contributed by atoms with van der Waals surface area (Å²) < 4.78 is 67.4. The summed E-state index contributed by atoms with van der Waals surface area (Å²) in [5.74, 6) is 0.846. The van der Waals surface area contributed by atoms with E-state index in [2.05, 4.69) is 14.9 Å². The van der Waals surface area contributed by atoms with E-state index in [9.17, 15) is 22.4 Å². The Bertz CT molecular complexity index is 1480. The number of nitrogens with zero attached hydrogens (tertiary/aromatic N) is 5. The number of ether oxygens (including phenoxy) is 2. The number of carbonyl (C=O) groups is 1. The number of guanidine groups is 1. The van der Waals surface area contributed by atoms with Crippen LogP contribution in [-0.2, 0) is 11.0 Å². The van der Waals surface area contributed by atoms with Crippen molar-refractivity contribution in [2.24, 2.45) is 4.99 Å². The monoisotopic (exact) mass is 591 g/mol. The number of thiophene rings is 1. The molecule has 41 heavy (non-hydrogen) atoms. The SMILES string of the molecule is COc1cncc(N2CCN(C3=Nc4c(csc4F)[C@H](CC(C)=O)N3c3cc(C(F)(F)F)ccc3OC)C[C@H]2C)c1. The molecule has 1 saturated heterocycles. The average Bonchev–Trinajstić information content (AvgIpc) is 3.32. The van der Waals surface area contributed by atoms with Crippen LogP contribution in [0.3, 0.4) is 0 Å². The van der Waals surface area contributed by atoms with E-state index >= 15 is 0 Å². The third-order valence-corrected chi connectivity index (χ3v) is 8.04. The van der Waals surface area contributed by atoms with Crippen molar-refractivity contribution < 1.29 is 31.8 Å². The van der Waals surface area contributed by atoms with Crippen molar-refractivity contribution in [1.29, 1.82) is 0 Å². The number of methoxy groups -OCH3 is 2. The minimum Gasteiger partial charge on any atom is -0.495 e. The number of Topliss-reactive ketones (excluding diaryl/α,β-unsaturated/α-hetero) is 1. The van der Waals surface area contributed by atoms with Gasteiger partial charge in [-0.3, -0.25) is 9.78 Å². The maximum absolute atomic E-state index is 15.0. The number of pyridine rings is 1. The van der Waals surface area contributed by atoms with Gasteiger partial charge in [-0.2, -0.15) is 17.6 Å². The van der Waals surface area contributed by atoms with Gasteiger partial charge in [0.15, 0.2) is 0 Å². The zero-order chi connectivity index (χ0) is 29.5. The van der Waals surface area contributed by atoms with Crippen molar-refractivity contribution in [1.82, 2.24) is 9.88 Å². The Morgan fingerprint density at radius 1 is 1.15 bits per heavy atom. The van der Waals surface area contributed by atoms with Gasteiger partial charge in [0.05, 0.1) is 49.6 Å². The predicted molar refractivity (Wildman–Crippen MR) is 149 cm³/mol. The van der Waals surface area contributed by atoms with E-state index in [4.69, 9.17) is 9.47 Å². The quantitative estimate of drug-likeness (QED) is 0.323. The minimum atomic E-state index is -4.62. The fourth-order valence-corrected chi connectivity index (χ4v) is 6.12. The Morgan fingerprint density at radius 3 is 2.59 bits per heavy atom. The lowest BCUT2D eigenvalue weighted by atomic mass is 9.98. The van der Waals surface area contributed by atoms with Gasteiger partial charge in [-0.15, -0.1) is 11.3 Å². The molecule has 0 bridgehead atoms. The number of anilines is 2. The van der Waals surface area contributed by atoms with Crippen molar-refractivity contribution >= 4 is 40.1 Å². The third kappa shape index (κ3) is 5.54. The molecule has 0 saturated carbocycles. The maximum atomic E-state index is 15.0. The normalized spacial score (nSPS) is 19.1. The number of benzene rings is 1. The lowest BCUT2D eigenvalue weighted by Crippen LogP contribution is -2.58. The lowest BCUT2D eigenvalue weighted by molar-refractivity contribution is -0.137. The summed E-state index contributed by atoms with van der Waals surface area (Å²) in [5, 5.41) is 1.05. The van der Waals surface area contributed by atoms with E-state index in [1.54, 1.807) is 29.8 Å². The van der Waals surface area contributed by atoms with Gasteiger partial charge in [-0.25, -0.2) is 4.99 Å². The summed E-state index contributed by atoms with van der Waals surface area (Å²) in [7, 11) is 2.93. The predicted octanol–water partition coefficient (Wildman–Crippen LogP) is 6.06. The summed E-state index contributed by atoms with van der Waals surface area (Å²) >= 11 is 0.847. The number of rotatable bonds is 6. The van der Waals surface area contributed by atoms with E-state index in [0.29, 0.717) is 30.9 Å². The van der Waals surface area contributed by atoms with Crippen LogP contribution in [0.4, 0.5) is 34.6 Å². The fourth-order valence-electron chi connectivity index (χ4n) is 5.34. The average molecular weight is 592 g/mol. The molecule has 8 nitrogen and oxygen atoms in total. The first kappa shape index (κ1) is 28.7. The largest absolute Gasteiger partial charge is 0.495 e. The van der Waals surface area contributed by atoms with E-state index < -0.39 is 22.9 Å². The van der Waals surface area contributed by atoms with Crippen LogP contribution in [0.15, 0.2) is 47.0 Å². The van der Waals surface area contributed by atoms with Crippen molar-refractivity contribution in [2.75, 3.05) is 43.7 Å². The molecular formula is C28H29F4N5O3S. The highest BCUT2D eigenvalue weighted by Gasteiger charge is 2.41. The molecule has 0 N–H and O–H groups in total. The first-order chi connectivity index (χ1) is 19.5. The van der Waals surface area contributed by atoms with Crippen LogP contribution in [0.1, 0.15) is 37.4 Å². The van der Waals surface area contributed by atoms with Crippen molar-refractivity contribution in [3.63, 3.8) is 0 Å². The molecule has 0 amide bonds. The Balaban J connectivity index is 1.60. The van der Waals surface area contributed by atoms with Crippen LogP contribution in [0.2, 0.25) is 0 Å². The highest BCUT2D eigenvalue weighted by Crippen LogP contribution is 2.47. The summed E-state index contributed by atoms with van der Waals surface area (Å²) in [6.07, 6.45) is -1.33. The lowest BCUT2D eigenvalue weighted by Gasteiger charge is -2.47. The van der Waals surface area contributed by atoms with Crippen LogP contribution < -0.4 is 19.3 Å². The van der Waals surface area contributed by atoms with Crippen molar-refractivity contribution in [3.8, 4) is 11.5 Å². The summed E-state index contributed by atoms with van der Waals surface area (Å²) in [6, 6.07) is 4.21. The number of carbonyl (C=O) groups excluding carboxylic acids is 1. The molecule has 0 spiro atoms. The Hall–Kier alpha value is -3.87. The molecule has 0 radical (unpaired) electrons. The molecule has 2 aliphatic rings. The van der Waals surface area contributed by atoms with Crippen LogP contribution in [-0.4, -0.2) is 61.5 Å². The number of alkyl halides is 3. The van der Waals surface area contributed by atoms with Crippen LogP contribution in [0.25, 0.3) is 0 Å². The first-order valence-electron chi connectivity index (χ1n) is 12.9. The van der Waals surface area contributed by atoms with Gasteiger partial charge in [0.1, 0.15) is 23.0 Å². The fraction of sp³-hybridized carbons (Fsp3) is 0.393. The van der Waals surface area contributed by atoms with Gasteiger partial charge in [0.2, 0.25) is 11.1 Å². The third-order valence-electron chi connectivity index (χ3n) is 7.27.